The molecule has 0 spiro atoms. The summed E-state index contributed by atoms with van der Waals surface area (Å²) in [5.41, 5.74) is 6.75. The van der Waals surface area contributed by atoms with Crippen molar-refractivity contribution in [1.82, 2.24) is 4.98 Å². The fourth-order valence-electron chi connectivity index (χ4n) is 3.27. The molecule has 3 N–H and O–H groups in total. The van der Waals surface area contributed by atoms with Crippen LogP contribution < -0.4 is 16.0 Å². The molecule has 150 valence electrons. The average molecular weight is 395 g/mol. The van der Waals surface area contributed by atoms with Gasteiger partial charge in [0.25, 0.3) is 0 Å². The molecule has 0 amide bonds. The first-order valence-electron chi connectivity index (χ1n) is 10.2. The molecule has 4 aromatic rings. The van der Waals surface area contributed by atoms with Gasteiger partial charge in [0.2, 0.25) is 0 Å². The van der Waals surface area contributed by atoms with Crippen LogP contribution in [0.5, 0.6) is 0 Å². The maximum Gasteiger partial charge on any atom is 0.0535 e. The summed E-state index contributed by atoms with van der Waals surface area (Å²) in [6, 6.07) is 31.2. The highest BCUT2D eigenvalue weighted by molar-refractivity contribution is 5.70. The molecule has 4 nitrogen and oxygen atoms in total. The summed E-state index contributed by atoms with van der Waals surface area (Å²) >= 11 is 0. The molecule has 30 heavy (non-hydrogen) atoms. The van der Waals surface area contributed by atoms with E-state index in [-0.39, 0.29) is 0 Å². The van der Waals surface area contributed by atoms with E-state index >= 15 is 0 Å². The largest absolute Gasteiger partial charge is 0.383 e. The lowest BCUT2D eigenvalue weighted by Crippen LogP contribution is -2.13. The number of nitrogens with one attached hydrogen (secondary N) is 3. The molecular weight excluding hydrogens is 368 g/mol. The molecular formula is C26H26N4. The highest BCUT2D eigenvalue weighted by Gasteiger charge is 2.02. The number of pyridine rings is 1. The van der Waals surface area contributed by atoms with Gasteiger partial charge in [0, 0.05) is 49.0 Å². The highest BCUT2D eigenvalue weighted by Crippen LogP contribution is 2.24. The van der Waals surface area contributed by atoms with Crippen molar-refractivity contribution in [2.75, 3.05) is 29.0 Å². The number of hydrogen-bond acceptors (Lipinski definition) is 4. The molecule has 0 radical (unpaired) electrons. The predicted molar refractivity (Wildman–Crippen MR) is 127 cm³/mol. The van der Waals surface area contributed by atoms with E-state index in [9.17, 15) is 0 Å². The van der Waals surface area contributed by atoms with Gasteiger partial charge in [-0.05, 0) is 41.5 Å². The van der Waals surface area contributed by atoms with E-state index in [4.69, 9.17) is 0 Å². The maximum absolute atomic E-state index is 4.42. The van der Waals surface area contributed by atoms with Gasteiger partial charge in [0.05, 0.1) is 5.69 Å². The van der Waals surface area contributed by atoms with E-state index in [1.165, 1.54) is 5.56 Å². The van der Waals surface area contributed by atoms with Crippen LogP contribution in [0.3, 0.4) is 0 Å². The van der Waals surface area contributed by atoms with Gasteiger partial charge in [-0.25, -0.2) is 0 Å². The van der Waals surface area contributed by atoms with Gasteiger partial charge in [-0.1, -0.05) is 60.7 Å². The number of nitrogens with zero attached hydrogens (tertiary/aromatic N) is 1. The molecule has 0 atom stereocenters. The Balaban J connectivity index is 1.34. The lowest BCUT2D eigenvalue weighted by Gasteiger charge is -2.11. The Kier molecular flexibility index (Phi) is 6.59. The molecule has 0 saturated heterocycles. The van der Waals surface area contributed by atoms with Crippen LogP contribution in [0.2, 0.25) is 0 Å². The summed E-state index contributed by atoms with van der Waals surface area (Å²) in [6.45, 7) is 2.48. The lowest BCUT2D eigenvalue weighted by atomic mass is 10.1. The molecule has 0 fully saturated rings. The van der Waals surface area contributed by atoms with Gasteiger partial charge in [-0.3, -0.25) is 4.98 Å². The number of hydrogen-bond donors (Lipinski definition) is 3. The Morgan fingerprint density at radius 3 is 2.00 bits per heavy atom. The van der Waals surface area contributed by atoms with E-state index in [2.05, 4.69) is 87.7 Å². The normalized spacial score (nSPS) is 10.4. The van der Waals surface area contributed by atoms with Crippen molar-refractivity contribution in [3.05, 3.63) is 109 Å². The summed E-state index contributed by atoms with van der Waals surface area (Å²) in [4.78, 5) is 4.42. The van der Waals surface area contributed by atoms with Crippen LogP contribution in [-0.4, -0.2) is 18.1 Å². The molecule has 1 aromatic heterocycles. The third-order valence-electron chi connectivity index (χ3n) is 4.83. The van der Waals surface area contributed by atoms with Crippen molar-refractivity contribution >= 4 is 17.1 Å². The van der Waals surface area contributed by atoms with Crippen molar-refractivity contribution in [2.45, 2.75) is 6.54 Å². The molecule has 0 bridgehead atoms. The third-order valence-corrected chi connectivity index (χ3v) is 4.83. The van der Waals surface area contributed by atoms with Crippen LogP contribution in [0.15, 0.2) is 103 Å². The topological polar surface area (TPSA) is 49.0 Å². The quantitative estimate of drug-likeness (QED) is 0.310. The van der Waals surface area contributed by atoms with Gasteiger partial charge < -0.3 is 16.0 Å². The second-order valence-electron chi connectivity index (χ2n) is 7.10. The van der Waals surface area contributed by atoms with Crippen molar-refractivity contribution < 1.29 is 0 Å². The Bertz CT molecular complexity index is 1050. The smallest absolute Gasteiger partial charge is 0.0535 e. The lowest BCUT2D eigenvalue weighted by molar-refractivity contribution is 1.08. The SMILES string of the molecule is c1ccc(CNc2cncc(-c3cccc(NCCNc4ccccc4)c3)c2)cc1. The standard InChI is InChI=1S/C26H26N4/c1-3-8-21(9-4-1)18-30-26-17-23(19-27-20-26)22-10-7-13-25(16-22)29-15-14-28-24-11-5-2-6-12-24/h1-13,16-17,19-20,28-30H,14-15,18H2. The Morgan fingerprint density at radius 2 is 1.20 bits per heavy atom. The van der Waals surface area contributed by atoms with Crippen LogP contribution >= 0.6 is 0 Å². The number of anilines is 3. The number of rotatable bonds is 9. The molecule has 0 aliphatic carbocycles. The van der Waals surface area contributed by atoms with E-state index < -0.39 is 0 Å². The number of aromatic nitrogens is 1. The van der Waals surface area contributed by atoms with Crippen LogP contribution in [-0.2, 0) is 6.54 Å². The van der Waals surface area contributed by atoms with Crippen molar-refractivity contribution in [3.63, 3.8) is 0 Å². The summed E-state index contributed by atoms with van der Waals surface area (Å²) in [7, 11) is 0. The number of para-hydroxylation sites is 1. The van der Waals surface area contributed by atoms with Crippen molar-refractivity contribution in [2.24, 2.45) is 0 Å². The summed E-state index contributed by atoms with van der Waals surface area (Å²) < 4.78 is 0. The minimum Gasteiger partial charge on any atom is -0.383 e. The first kappa shape index (κ1) is 19.5. The predicted octanol–water partition coefficient (Wildman–Crippen LogP) is 5.88. The second kappa shape index (κ2) is 10.1. The average Bonchev–Trinajstić information content (AvgIpc) is 2.82. The van der Waals surface area contributed by atoms with Crippen LogP contribution in [0, 0.1) is 0 Å². The maximum atomic E-state index is 4.42. The molecule has 3 aromatic carbocycles. The Hall–Kier alpha value is -3.79. The van der Waals surface area contributed by atoms with Gasteiger partial charge in [-0.15, -0.1) is 0 Å². The third kappa shape index (κ3) is 5.61. The number of benzene rings is 3. The fraction of sp³-hybridized carbons (Fsp3) is 0.115. The summed E-state index contributed by atoms with van der Waals surface area (Å²) in [5, 5.41) is 10.4. The Labute approximate surface area is 178 Å². The van der Waals surface area contributed by atoms with Crippen LogP contribution in [0.4, 0.5) is 17.1 Å². The molecule has 0 unspecified atom stereocenters. The van der Waals surface area contributed by atoms with Gasteiger partial charge in [0.15, 0.2) is 0 Å². The minimum absolute atomic E-state index is 0.780. The fourth-order valence-corrected chi connectivity index (χ4v) is 3.27. The van der Waals surface area contributed by atoms with Crippen molar-refractivity contribution in [1.29, 1.82) is 0 Å². The van der Waals surface area contributed by atoms with Gasteiger partial charge in [0.1, 0.15) is 0 Å². The van der Waals surface area contributed by atoms with E-state index in [1.807, 2.05) is 36.7 Å². The minimum atomic E-state index is 0.780. The monoisotopic (exact) mass is 394 g/mol. The molecule has 0 aliphatic rings. The molecule has 4 heteroatoms. The molecule has 1 heterocycles. The summed E-state index contributed by atoms with van der Waals surface area (Å²) in [5.74, 6) is 0. The molecule has 0 aliphatic heterocycles. The zero-order valence-corrected chi connectivity index (χ0v) is 16.9. The van der Waals surface area contributed by atoms with Crippen molar-refractivity contribution in [3.8, 4) is 11.1 Å². The zero-order valence-electron chi connectivity index (χ0n) is 16.9. The van der Waals surface area contributed by atoms with E-state index in [0.29, 0.717) is 0 Å². The second-order valence-corrected chi connectivity index (χ2v) is 7.10. The van der Waals surface area contributed by atoms with E-state index in [1.54, 1.807) is 0 Å². The van der Waals surface area contributed by atoms with Gasteiger partial charge in [-0.2, -0.15) is 0 Å². The summed E-state index contributed by atoms with van der Waals surface area (Å²) in [6.07, 6.45) is 3.77. The first-order chi connectivity index (χ1) is 14.9. The van der Waals surface area contributed by atoms with Gasteiger partial charge >= 0.3 is 0 Å². The Morgan fingerprint density at radius 1 is 0.533 bits per heavy atom. The molecule has 4 rings (SSSR count). The molecule has 0 saturated carbocycles. The van der Waals surface area contributed by atoms with Crippen LogP contribution in [0.1, 0.15) is 5.56 Å². The highest BCUT2D eigenvalue weighted by atomic mass is 14.9. The van der Waals surface area contributed by atoms with E-state index in [0.717, 1.165) is 47.8 Å². The zero-order chi connectivity index (χ0) is 20.4. The van der Waals surface area contributed by atoms with Crippen LogP contribution in [0.25, 0.3) is 11.1 Å². The first-order valence-corrected chi connectivity index (χ1v) is 10.2.